The average molecular weight is 287 g/mol. The number of benzene rings is 1. The Morgan fingerprint density at radius 2 is 1.70 bits per heavy atom. The van der Waals surface area contributed by atoms with Crippen molar-refractivity contribution in [3.63, 3.8) is 0 Å². The summed E-state index contributed by atoms with van der Waals surface area (Å²) in [6.45, 7) is 5.31. The minimum atomic E-state index is -4.66. The molecule has 0 saturated carbocycles. The molecule has 108 valence electrons. The van der Waals surface area contributed by atoms with Crippen LogP contribution in [0.25, 0.3) is 10.9 Å². The van der Waals surface area contributed by atoms with Crippen molar-refractivity contribution in [3.8, 4) is 0 Å². The van der Waals surface area contributed by atoms with E-state index in [0.29, 0.717) is 0 Å². The van der Waals surface area contributed by atoms with Crippen molar-refractivity contribution in [3.05, 3.63) is 29.8 Å². The molecule has 0 fully saturated rings. The molecule has 20 heavy (non-hydrogen) atoms. The zero-order chi connectivity index (χ0) is 15.1. The Bertz CT molecular complexity index is 644. The summed E-state index contributed by atoms with van der Waals surface area (Å²) in [4.78, 5) is 6.92. The van der Waals surface area contributed by atoms with Crippen molar-refractivity contribution in [2.75, 3.05) is 5.32 Å². The van der Waals surface area contributed by atoms with Crippen molar-refractivity contribution in [1.82, 2.24) is 9.97 Å². The van der Waals surface area contributed by atoms with Crippen LogP contribution in [0.4, 0.5) is 23.4 Å². The highest BCUT2D eigenvalue weighted by molar-refractivity contribution is 5.89. The first-order valence-electron chi connectivity index (χ1n) is 5.89. The van der Waals surface area contributed by atoms with Crippen molar-refractivity contribution in [2.45, 2.75) is 32.5 Å². The molecule has 1 aromatic heterocycles. The fraction of sp³-hybridized carbons (Fsp3) is 0.385. The number of rotatable bonds is 1. The van der Waals surface area contributed by atoms with Gasteiger partial charge in [0.05, 0.1) is 5.52 Å². The first kappa shape index (κ1) is 14.5. The van der Waals surface area contributed by atoms with Crippen molar-refractivity contribution < 1.29 is 17.6 Å². The average Bonchev–Trinajstić information content (AvgIpc) is 2.26. The van der Waals surface area contributed by atoms with E-state index in [0.717, 1.165) is 12.1 Å². The first-order chi connectivity index (χ1) is 9.06. The highest BCUT2D eigenvalue weighted by atomic mass is 19.4. The third-order valence-corrected chi connectivity index (χ3v) is 2.40. The van der Waals surface area contributed by atoms with Crippen LogP contribution in [-0.2, 0) is 6.18 Å². The van der Waals surface area contributed by atoms with Crippen LogP contribution in [0.2, 0.25) is 0 Å². The molecule has 0 unspecified atom stereocenters. The zero-order valence-electron chi connectivity index (χ0n) is 11.1. The summed E-state index contributed by atoms with van der Waals surface area (Å²) in [7, 11) is 0. The largest absolute Gasteiger partial charge is 0.451 e. The van der Waals surface area contributed by atoms with Gasteiger partial charge in [-0.3, -0.25) is 0 Å². The third kappa shape index (κ3) is 3.15. The molecule has 2 aromatic rings. The molecular formula is C13H13F4N3. The van der Waals surface area contributed by atoms with Gasteiger partial charge in [0.25, 0.3) is 0 Å². The van der Waals surface area contributed by atoms with E-state index in [-0.39, 0.29) is 16.7 Å². The number of hydrogen-bond acceptors (Lipinski definition) is 3. The molecule has 0 bridgehead atoms. The SMILES string of the molecule is CC(C)(C)Nc1nc(C(F)(F)F)nc2ccc(F)cc12. The summed E-state index contributed by atoms with van der Waals surface area (Å²) < 4.78 is 51.6. The highest BCUT2D eigenvalue weighted by Gasteiger charge is 2.35. The molecule has 0 spiro atoms. The molecule has 1 aromatic carbocycles. The minimum Gasteiger partial charge on any atom is -0.365 e. The predicted octanol–water partition coefficient (Wildman–Crippen LogP) is 4.00. The predicted molar refractivity (Wildman–Crippen MR) is 67.9 cm³/mol. The van der Waals surface area contributed by atoms with Crippen LogP contribution in [0.15, 0.2) is 18.2 Å². The fourth-order valence-corrected chi connectivity index (χ4v) is 1.68. The molecule has 1 heterocycles. The molecular weight excluding hydrogens is 274 g/mol. The summed E-state index contributed by atoms with van der Waals surface area (Å²) in [5.41, 5.74) is -0.475. The van der Waals surface area contributed by atoms with E-state index < -0.39 is 23.4 Å². The fourth-order valence-electron chi connectivity index (χ4n) is 1.68. The van der Waals surface area contributed by atoms with Crippen LogP contribution in [0.1, 0.15) is 26.6 Å². The summed E-state index contributed by atoms with van der Waals surface area (Å²) >= 11 is 0. The van der Waals surface area contributed by atoms with E-state index in [1.165, 1.54) is 6.07 Å². The molecule has 0 aliphatic carbocycles. The lowest BCUT2D eigenvalue weighted by molar-refractivity contribution is -0.144. The van der Waals surface area contributed by atoms with E-state index >= 15 is 0 Å². The van der Waals surface area contributed by atoms with Crippen LogP contribution >= 0.6 is 0 Å². The summed E-state index contributed by atoms with van der Waals surface area (Å²) in [6, 6.07) is 3.38. The molecule has 2 rings (SSSR count). The normalized spacial score (nSPS) is 12.8. The Balaban J connectivity index is 2.70. The van der Waals surface area contributed by atoms with Crippen LogP contribution in [0.5, 0.6) is 0 Å². The summed E-state index contributed by atoms with van der Waals surface area (Å²) in [6.07, 6.45) is -4.66. The van der Waals surface area contributed by atoms with Gasteiger partial charge in [-0.1, -0.05) is 0 Å². The van der Waals surface area contributed by atoms with Crippen LogP contribution in [0.3, 0.4) is 0 Å². The first-order valence-corrected chi connectivity index (χ1v) is 5.89. The maximum Gasteiger partial charge on any atom is 0.451 e. The van der Waals surface area contributed by atoms with Gasteiger partial charge in [0.1, 0.15) is 11.6 Å². The Morgan fingerprint density at radius 1 is 1.05 bits per heavy atom. The topological polar surface area (TPSA) is 37.8 Å². The van der Waals surface area contributed by atoms with Gasteiger partial charge in [-0.2, -0.15) is 13.2 Å². The zero-order valence-corrected chi connectivity index (χ0v) is 11.1. The molecule has 0 aliphatic rings. The van der Waals surface area contributed by atoms with Gasteiger partial charge in [-0.15, -0.1) is 0 Å². The van der Waals surface area contributed by atoms with Gasteiger partial charge in [-0.25, -0.2) is 14.4 Å². The lowest BCUT2D eigenvalue weighted by Crippen LogP contribution is -2.27. The molecule has 0 amide bonds. The summed E-state index contributed by atoms with van der Waals surface area (Å²) in [5.74, 6) is -1.84. The second-order valence-electron chi connectivity index (χ2n) is 5.43. The number of hydrogen-bond donors (Lipinski definition) is 1. The van der Waals surface area contributed by atoms with E-state index in [4.69, 9.17) is 0 Å². The van der Waals surface area contributed by atoms with Gasteiger partial charge < -0.3 is 5.32 Å². The smallest absolute Gasteiger partial charge is 0.365 e. The highest BCUT2D eigenvalue weighted by Crippen LogP contribution is 2.31. The van der Waals surface area contributed by atoms with Crippen molar-refractivity contribution in [2.24, 2.45) is 0 Å². The van der Waals surface area contributed by atoms with Crippen LogP contribution < -0.4 is 5.32 Å². The lowest BCUT2D eigenvalue weighted by Gasteiger charge is -2.23. The third-order valence-electron chi connectivity index (χ3n) is 2.40. The van der Waals surface area contributed by atoms with E-state index in [1.54, 1.807) is 20.8 Å². The second-order valence-corrected chi connectivity index (χ2v) is 5.43. The number of nitrogens with one attached hydrogen (secondary N) is 1. The lowest BCUT2D eigenvalue weighted by atomic mass is 10.1. The van der Waals surface area contributed by atoms with Gasteiger partial charge in [0.2, 0.25) is 5.82 Å². The quantitative estimate of drug-likeness (QED) is 0.806. The molecule has 0 aliphatic heterocycles. The number of alkyl halides is 3. The van der Waals surface area contributed by atoms with Crippen LogP contribution in [0, 0.1) is 5.82 Å². The van der Waals surface area contributed by atoms with E-state index in [1.807, 2.05) is 0 Å². The minimum absolute atomic E-state index is 0.0330. The van der Waals surface area contributed by atoms with Crippen molar-refractivity contribution >= 4 is 16.7 Å². The molecule has 0 radical (unpaired) electrons. The number of aromatic nitrogens is 2. The van der Waals surface area contributed by atoms with Gasteiger partial charge in [0.15, 0.2) is 0 Å². The Hall–Kier alpha value is -1.92. The maximum absolute atomic E-state index is 13.3. The van der Waals surface area contributed by atoms with Crippen molar-refractivity contribution in [1.29, 1.82) is 0 Å². The van der Waals surface area contributed by atoms with E-state index in [2.05, 4.69) is 15.3 Å². The van der Waals surface area contributed by atoms with Gasteiger partial charge >= 0.3 is 6.18 Å². The molecule has 7 heteroatoms. The Labute approximate surface area is 113 Å². The maximum atomic E-state index is 13.3. The van der Waals surface area contributed by atoms with Crippen LogP contribution in [-0.4, -0.2) is 15.5 Å². The standard InChI is InChI=1S/C13H13F4N3/c1-12(2,3)20-10-8-6-7(14)4-5-9(8)18-11(19-10)13(15,16)17/h4-6H,1-3H3,(H,18,19,20). The molecule has 0 atom stereocenters. The van der Waals surface area contributed by atoms with E-state index in [9.17, 15) is 17.6 Å². The monoisotopic (exact) mass is 287 g/mol. The number of halogens is 4. The number of fused-ring (bicyclic) bond motifs is 1. The van der Waals surface area contributed by atoms with Gasteiger partial charge in [-0.05, 0) is 39.0 Å². The molecule has 3 nitrogen and oxygen atoms in total. The number of anilines is 1. The second kappa shape index (κ2) is 4.57. The molecule has 0 saturated heterocycles. The summed E-state index contributed by atoms with van der Waals surface area (Å²) in [5, 5.41) is 3.06. The Morgan fingerprint density at radius 3 is 2.25 bits per heavy atom. The molecule has 1 N–H and O–H groups in total. The Kier molecular flexibility index (Phi) is 3.31. The number of nitrogens with zero attached hydrogens (tertiary/aromatic N) is 2. The van der Waals surface area contributed by atoms with Gasteiger partial charge in [0, 0.05) is 10.9 Å².